The number of imide groups is 1. The zero-order valence-corrected chi connectivity index (χ0v) is 9.12. The highest BCUT2D eigenvalue weighted by Gasteiger charge is 2.55. The molecule has 0 aromatic carbocycles. The second-order valence-corrected chi connectivity index (χ2v) is 4.06. The fraction of sp³-hybridized carbons (Fsp3) is 0.700. The molecule has 1 spiro atoms. The van der Waals surface area contributed by atoms with E-state index < -0.39 is 17.5 Å². The first-order valence-corrected chi connectivity index (χ1v) is 5.39. The molecule has 0 aromatic heterocycles. The first kappa shape index (κ1) is 10.9. The molecule has 6 heteroatoms. The number of rotatable bonds is 3. The van der Waals surface area contributed by atoms with Gasteiger partial charge in [-0.15, -0.1) is 0 Å². The third-order valence-electron chi connectivity index (χ3n) is 3.05. The van der Waals surface area contributed by atoms with Crippen LogP contribution in [0.5, 0.6) is 0 Å². The van der Waals surface area contributed by atoms with Crippen LogP contribution in [0.1, 0.15) is 26.2 Å². The highest BCUT2D eigenvalue weighted by atomic mass is 16.5. The summed E-state index contributed by atoms with van der Waals surface area (Å²) in [4.78, 5) is 35.6. The van der Waals surface area contributed by atoms with Gasteiger partial charge < -0.3 is 10.1 Å². The molecule has 1 saturated heterocycles. The van der Waals surface area contributed by atoms with Crippen molar-refractivity contribution in [3.63, 3.8) is 0 Å². The fourth-order valence-electron chi connectivity index (χ4n) is 2.02. The predicted octanol–water partition coefficient (Wildman–Crippen LogP) is 0.0240. The SMILES string of the molecule is CCOC(=O)CN1C(=O)NC2(CCC2)C1=O. The first-order chi connectivity index (χ1) is 7.59. The van der Waals surface area contributed by atoms with Crippen LogP contribution in [0.3, 0.4) is 0 Å². The van der Waals surface area contributed by atoms with Crippen molar-refractivity contribution >= 4 is 17.9 Å². The number of ether oxygens (including phenoxy) is 1. The van der Waals surface area contributed by atoms with Gasteiger partial charge in [0.1, 0.15) is 12.1 Å². The van der Waals surface area contributed by atoms with Crippen molar-refractivity contribution in [3.05, 3.63) is 0 Å². The maximum Gasteiger partial charge on any atom is 0.326 e. The lowest BCUT2D eigenvalue weighted by Gasteiger charge is -2.34. The van der Waals surface area contributed by atoms with E-state index in [1.54, 1.807) is 6.92 Å². The summed E-state index contributed by atoms with van der Waals surface area (Å²) in [6, 6.07) is -0.488. The Labute approximate surface area is 92.9 Å². The number of nitrogens with zero attached hydrogens (tertiary/aromatic N) is 1. The molecule has 0 unspecified atom stereocenters. The van der Waals surface area contributed by atoms with Gasteiger partial charge in [0.15, 0.2) is 0 Å². The molecule has 2 rings (SSSR count). The number of hydrogen-bond donors (Lipinski definition) is 1. The Bertz CT molecular complexity index is 349. The molecule has 2 aliphatic rings. The molecule has 16 heavy (non-hydrogen) atoms. The van der Waals surface area contributed by atoms with Gasteiger partial charge in [0.2, 0.25) is 0 Å². The van der Waals surface area contributed by atoms with Gasteiger partial charge in [0.05, 0.1) is 6.61 Å². The van der Waals surface area contributed by atoms with Crippen LogP contribution < -0.4 is 5.32 Å². The van der Waals surface area contributed by atoms with Gasteiger partial charge >= 0.3 is 12.0 Å². The van der Waals surface area contributed by atoms with Gasteiger partial charge in [-0.25, -0.2) is 4.79 Å². The Morgan fingerprint density at radius 3 is 2.62 bits per heavy atom. The van der Waals surface area contributed by atoms with E-state index in [1.807, 2.05) is 0 Å². The number of amides is 3. The van der Waals surface area contributed by atoms with E-state index in [0.717, 1.165) is 11.3 Å². The van der Waals surface area contributed by atoms with Crippen LogP contribution in [0.15, 0.2) is 0 Å². The third kappa shape index (κ3) is 1.54. The molecule has 0 radical (unpaired) electrons. The average Bonchev–Trinajstić information content (AvgIpc) is 2.42. The monoisotopic (exact) mass is 226 g/mol. The van der Waals surface area contributed by atoms with Crippen LogP contribution in [-0.4, -0.2) is 41.5 Å². The zero-order valence-electron chi connectivity index (χ0n) is 9.12. The Kier molecular flexibility index (Phi) is 2.57. The topological polar surface area (TPSA) is 75.7 Å². The maximum atomic E-state index is 11.9. The maximum absolute atomic E-state index is 11.9. The summed E-state index contributed by atoms with van der Waals surface area (Å²) in [6.45, 7) is 1.63. The second-order valence-electron chi connectivity index (χ2n) is 4.06. The molecule has 1 aliphatic carbocycles. The van der Waals surface area contributed by atoms with Crippen molar-refractivity contribution < 1.29 is 19.1 Å². The molecule has 6 nitrogen and oxygen atoms in total. The summed E-state index contributed by atoms with van der Waals surface area (Å²) in [5, 5.41) is 2.64. The molecule has 0 aromatic rings. The first-order valence-electron chi connectivity index (χ1n) is 5.39. The highest BCUT2D eigenvalue weighted by molar-refractivity contribution is 6.09. The van der Waals surface area contributed by atoms with E-state index >= 15 is 0 Å². The molecule has 1 aliphatic heterocycles. The average molecular weight is 226 g/mol. The Morgan fingerprint density at radius 1 is 1.50 bits per heavy atom. The molecule has 0 atom stereocenters. The van der Waals surface area contributed by atoms with E-state index in [4.69, 9.17) is 4.74 Å². The van der Waals surface area contributed by atoms with Crippen molar-refractivity contribution in [1.29, 1.82) is 0 Å². The molecule has 0 bridgehead atoms. The summed E-state index contributed by atoms with van der Waals surface area (Å²) in [7, 11) is 0. The number of carbonyl (C=O) groups excluding carboxylic acids is 3. The molecule has 1 heterocycles. The lowest BCUT2D eigenvalue weighted by Crippen LogP contribution is -2.52. The number of hydrogen-bond acceptors (Lipinski definition) is 4. The van der Waals surface area contributed by atoms with E-state index in [0.29, 0.717) is 12.8 Å². The van der Waals surface area contributed by atoms with Gasteiger partial charge in [0.25, 0.3) is 5.91 Å². The van der Waals surface area contributed by atoms with Gasteiger partial charge in [-0.05, 0) is 26.2 Å². The summed E-state index contributed by atoms with van der Waals surface area (Å²) in [5.74, 6) is -0.848. The summed E-state index contributed by atoms with van der Waals surface area (Å²) < 4.78 is 4.71. The van der Waals surface area contributed by atoms with Crippen LogP contribution in [0, 0.1) is 0 Å². The minimum Gasteiger partial charge on any atom is -0.465 e. The number of esters is 1. The van der Waals surface area contributed by atoms with Crippen molar-refractivity contribution in [1.82, 2.24) is 10.2 Å². The van der Waals surface area contributed by atoms with Crippen LogP contribution in [0.25, 0.3) is 0 Å². The van der Waals surface area contributed by atoms with Crippen LogP contribution in [-0.2, 0) is 14.3 Å². The Morgan fingerprint density at radius 2 is 2.19 bits per heavy atom. The van der Waals surface area contributed by atoms with E-state index in [1.165, 1.54) is 0 Å². The van der Waals surface area contributed by atoms with Crippen molar-refractivity contribution in [2.45, 2.75) is 31.7 Å². The van der Waals surface area contributed by atoms with Crippen molar-refractivity contribution in [3.8, 4) is 0 Å². The zero-order chi connectivity index (χ0) is 11.8. The number of nitrogens with one attached hydrogen (secondary N) is 1. The standard InChI is InChI=1S/C10H14N2O4/c1-2-16-7(13)6-12-8(14)10(4-3-5-10)11-9(12)15/h2-6H2,1H3,(H,11,15). The molecule has 88 valence electrons. The molecule has 1 saturated carbocycles. The van der Waals surface area contributed by atoms with Crippen LogP contribution >= 0.6 is 0 Å². The van der Waals surface area contributed by atoms with Crippen LogP contribution in [0.4, 0.5) is 4.79 Å². The Hall–Kier alpha value is -1.59. The van der Waals surface area contributed by atoms with Gasteiger partial charge in [-0.2, -0.15) is 0 Å². The van der Waals surface area contributed by atoms with Gasteiger partial charge in [-0.1, -0.05) is 0 Å². The van der Waals surface area contributed by atoms with E-state index in [2.05, 4.69) is 5.32 Å². The van der Waals surface area contributed by atoms with Gasteiger partial charge in [-0.3, -0.25) is 14.5 Å². The van der Waals surface area contributed by atoms with E-state index in [-0.39, 0.29) is 19.1 Å². The largest absolute Gasteiger partial charge is 0.465 e. The summed E-state index contributed by atoms with van der Waals surface area (Å²) >= 11 is 0. The summed E-state index contributed by atoms with van der Waals surface area (Å²) in [5.41, 5.74) is -0.719. The molecular weight excluding hydrogens is 212 g/mol. The lowest BCUT2D eigenvalue weighted by atomic mass is 9.77. The minimum atomic E-state index is -0.719. The minimum absolute atomic E-state index is 0.244. The normalized spacial score (nSPS) is 21.9. The number of urea groups is 1. The van der Waals surface area contributed by atoms with Gasteiger partial charge in [0, 0.05) is 0 Å². The predicted molar refractivity (Wildman–Crippen MR) is 53.5 cm³/mol. The molecule has 3 amide bonds. The van der Waals surface area contributed by atoms with Crippen LogP contribution in [0.2, 0.25) is 0 Å². The third-order valence-corrected chi connectivity index (χ3v) is 3.05. The van der Waals surface area contributed by atoms with Crippen molar-refractivity contribution in [2.75, 3.05) is 13.2 Å². The Balaban J connectivity index is 2.02. The second kappa shape index (κ2) is 3.77. The fourth-order valence-corrected chi connectivity index (χ4v) is 2.02. The van der Waals surface area contributed by atoms with E-state index in [9.17, 15) is 14.4 Å². The lowest BCUT2D eigenvalue weighted by molar-refractivity contribution is -0.148. The highest BCUT2D eigenvalue weighted by Crippen LogP contribution is 2.36. The number of carbonyl (C=O) groups is 3. The summed E-state index contributed by atoms with van der Waals surface area (Å²) in [6.07, 6.45) is 2.26. The quantitative estimate of drug-likeness (QED) is 0.544. The smallest absolute Gasteiger partial charge is 0.326 e. The molecular formula is C10H14N2O4. The molecule has 1 N–H and O–H groups in total. The molecule has 2 fully saturated rings. The van der Waals surface area contributed by atoms with Crippen molar-refractivity contribution in [2.24, 2.45) is 0 Å².